The molecule has 1 N–H and O–H groups in total. The molecule has 4 heteroatoms. The monoisotopic (exact) mass is 426 g/mol. The SMILES string of the molecule is CC1(C)NC2(CCN(C(=O)CC3C4CC5CC(C4)CC3C5)CC2)c2c(Cl)cccc21. The molecule has 0 aromatic heterocycles. The van der Waals surface area contributed by atoms with Gasteiger partial charge in [0.25, 0.3) is 0 Å². The van der Waals surface area contributed by atoms with E-state index in [2.05, 4.69) is 36.2 Å². The summed E-state index contributed by atoms with van der Waals surface area (Å²) in [7, 11) is 0. The third-order valence-electron chi connectivity index (χ3n) is 9.52. The molecule has 1 spiro atoms. The second kappa shape index (κ2) is 6.72. The average molecular weight is 427 g/mol. The maximum Gasteiger partial charge on any atom is 0.222 e. The van der Waals surface area contributed by atoms with E-state index in [-0.39, 0.29) is 11.1 Å². The first-order chi connectivity index (χ1) is 14.3. The first-order valence-corrected chi connectivity index (χ1v) is 12.6. The lowest BCUT2D eigenvalue weighted by Gasteiger charge is -2.54. The van der Waals surface area contributed by atoms with Crippen LogP contribution < -0.4 is 5.32 Å². The smallest absolute Gasteiger partial charge is 0.222 e. The van der Waals surface area contributed by atoms with Gasteiger partial charge in [0.05, 0.1) is 0 Å². The lowest BCUT2D eigenvalue weighted by atomic mass is 9.51. The Morgan fingerprint density at radius 2 is 1.70 bits per heavy atom. The molecule has 0 unspecified atom stereocenters. The molecule has 4 aliphatic carbocycles. The highest BCUT2D eigenvalue weighted by atomic mass is 35.5. The van der Waals surface area contributed by atoms with E-state index in [1.54, 1.807) is 0 Å². The van der Waals surface area contributed by atoms with E-state index < -0.39 is 0 Å². The van der Waals surface area contributed by atoms with Crippen LogP contribution in [0.4, 0.5) is 0 Å². The van der Waals surface area contributed by atoms with Gasteiger partial charge in [-0.25, -0.2) is 0 Å². The summed E-state index contributed by atoms with van der Waals surface area (Å²) in [5.41, 5.74) is 2.44. The van der Waals surface area contributed by atoms with Gasteiger partial charge in [0.15, 0.2) is 0 Å². The predicted octanol–water partition coefficient (Wildman–Crippen LogP) is 5.46. The first kappa shape index (κ1) is 19.6. The number of nitrogens with one attached hydrogen (secondary N) is 1. The fourth-order valence-corrected chi connectivity index (χ4v) is 8.83. The van der Waals surface area contributed by atoms with Gasteiger partial charge in [-0.2, -0.15) is 0 Å². The molecule has 1 aromatic rings. The minimum absolute atomic E-state index is 0.0766. The number of nitrogens with zero attached hydrogens (tertiary/aromatic N) is 1. The minimum atomic E-state index is -0.0867. The number of amides is 1. The number of rotatable bonds is 2. The number of likely N-dealkylation sites (tertiary alicyclic amines) is 1. The van der Waals surface area contributed by atoms with Crippen LogP contribution in [0.15, 0.2) is 18.2 Å². The highest BCUT2D eigenvalue weighted by molar-refractivity contribution is 6.31. The van der Waals surface area contributed by atoms with Gasteiger partial charge in [0, 0.05) is 35.6 Å². The topological polar surface area (TPSA) is 32.3 Å². The van der Waals surface area contributed by atoms with E-state index >= 15 is 0 Å². The van der Waals surface area contributed by atoms with Crippen molar-refractivity contribution < 1.29 is 4.79 Å². The number of piperidine rings is 1. The van der Waals surface area contributed by atoms with Crippen molar-refractivity contribution in [2.45, 2.75) is 76.3 Å². The van der Waals surface area contributed by atoms with Gasteiger partial charge in [-0.15, -0.1) is 0 Å². The van der Waals surface area contributed by atoms with Crippen LogP contribution in [0.25, 0.3) is 0 Å². The molecule has 2 aliphatic heterocycles. The largest absolute Gasteiger partial charge is 0.343 e. The fraction of sp³-hybridized carbons (Fsp3) is 0.731. The van der Waals surface area contributed by atoms with Crippen LogP contribution in [0.5, 0.6) is 0 Å². The van der Waals surface area contributed by atoms with Crippen LogP contribution in [-0.4, -0.2) is 23.9 Å². The summed E-state index contributed by atoms with van der Waals surface area (Å²) >= 11 is 6.70. The summed E-state index contributed by atoms with van der Waals surface area (Å²) in [6.07, 6.45) is 9.82. The number of halogens is 1. The number of hydrogen-bond donors (Lipinski definition) is 1. The Morgan fingerprint density at radius 1 is 1.07 bits per heavy atom. The van der Waals surface area contributed by atoms with E-state index in [1.807, 2.05) is 6.07 Å². The van der Waals surface area contributed by atoms with Crippen molar-refractivity contribution in [3.8, 4) is 0 Å². The van der Waals surface area contributed by atoms with Crippen molar-refractivity contribution in [3.05, 3.63) is 34.3 Å². The van der Waals surface area contributed by atoms with Gasteiger partial charge >= 0.3 is 0 Å². The third-order valence-corrected chi connectivity index (χ3v) is 9.83. The normalized spacial score (nSPS) is 37.6. The lowest BCUT2D eigenvalue weighted by molar-refractivity contribution is -0.138. The molecular weight excluding hydrogens is 392 g/mol. The zero-order valence-electron chi connectivity index (χ0n) is 18.4. The Morgan fingerprint density at radius 3 is 2.33 bits per heavy atom. The van der Waals surface area contributed by atoms with E-state index in [0.29, 0.717) is 11.8 Å². The van der Waals surface area contributed by atoms with Crippen molar-refractivity contribution in [2.24, 2.45) is 29.6 Å². The summed E-state index contributed by atoms with van der Waals surface area (Å²) in [6, 6.07) is 6.30. The van der Waals surface area contributed by atoms with Crippen LogP contribution in [0.2, 0.25) is 5.02 Å². The maximum atomic E-state index is 13.3. The predicted molar refractivity (Wildman–Crippen MR) is 120 cm³/mol. The summed E-state index contributed by atoms with van der Waals surface area (Å²) in [6.45, 7) is 6.20. The van der Waals surface area contributed by atoms with Crippen molar-refractivity contribution in [1.82, 2.24) is 10.2 Å². The number of hydrogen-bond acceptors (Lipinski definition) is 2. The lowest BCUT2D eigenvalue weighted by Crippen LogP contribution is -2.53. The van der Waals surface area contributed by atoms with Crippen molar-refractivity contribution in [1.29, 1.82) is 0 Å². The summed E-state index contributed by atoms with van der Waals surface area (Å²) in [5.74, 6) is 4.72. The van der Waals surface area contributed by atoms with Crippen LogP contribution in [0, 0.1) is 29.6 Å². The molecule has 6 aliphatic rings. The van der Waals surface area contributed by atoms with Crippen LogP contribution in [0.1, 0.15) is 76.3 Å². The molecule has 1 amide bonds. The van der Waals surface area contributed by atoms with Gasteiger partial charge in [-0.1, -0.05) is 23.7 Å². The molecule has 4 saturated carbocycles. The van der Waals surface area contributed by atoms with Gasteiger partial charge in [-0.3, -0.25) is 10.1 Å². The standard InChI is InChI=1S/C26H35ClN2O/c1-25(2)21-4-3-5-22(27)24(21)26(28-25)6-8-29(9-7-26)23(30)15-20-18-11-16-10-17(13-18)14-19(20)12-16/h3-5,16-20,28H,6-15H2,1-2H3. The molecule has 3 nitrogen and oxygen atoms in total. The fourth-order valence-electron chi connectivity index (χ4n) is 8.47. The highest BCUT2D eigenvalue weighted by Gasteiger charge is 2.51. The van der Waals surface area contributed by atoms with Crippen LogP contribution >= 0.6 is 11.6 Å². The summed E-state index contributed by atoms with van der Waals surface area (Å²) in [5, 5.41) is 4.79. The highest BCUT2D eigenvalue weighted by Crippen LogP contribution is 2.57. The zero-order chi connectivity index (χ0) is 20.7. The summed E-state index contributed by atoms with van der Waals surface area (Å²) in [4.78, 5) is 15.5. The van der Waals surface area contributed by atoms with Crippen LogP contribution in [0.3, 0.4) is 0 Å². The molecule has 30 heavy (non-hydrogen) atoms. The Hall–Kier alpha value is -1.06. The quantitative estimate of drug-likeness (QED) is 0.681. The molecule has 162 valence electrons. The molecule has 1 aromatic carbocycles. The van der Waals surface area contributed by atoms with Gasteiger partial charge < -0.3 is 4.90 Å². The van der Waals surface area contributed by atoms with Gasteiger partial charge in [-0.05, 0) is 106 Å². The van der Waals surface area contributed by atoms with Crippen LogP contribution in [-0.2, 0) is 15.9 Å². The van der Waals surface area contributed by atoms with Crippen molar-refractivity contribution >= 4 is 17.5 Å². The second-order valence-electron chi connectivity index (χ2n) is 11.7. The molecule has 5 fully saturated rings. The summed E-state index contributed by atoms with van der Waals surface area (Å²) < 4.78 is 0. The molecule has 2 heterocycles. The van der Waals surface area contributed by atoms with Crippen molar-refractivity contribution in [3.63, 3.8) is 0 Å². The van der Waals surface area contributed by atoms with E-state index in [9.17, 15) is 4.79 Å². The Balaban J connectivity index is 1.15. The number of fused-ring (bicyclic) bond motifs is 2. The molecule has 7 rings (SSSR count). The Bertz CT molecular complexity index is 842. The molecular formula is C26H35ClN2O. The van der Waals surface area contributed by atoms with E-state index in [1.165, 1.54) is 43.2 Å². The molecule has 4 bridgehead atoms. The third kappa shape index (κ3) is 2.91. The van der Waals surface area contributed by atoms with Gasteiger partial charge in [0.2, 0.25) is 5.91 Å². The number of carbonyl (C=O) groups is 1. The van der Waals surface area contributed by atoms with E-state index in [0.717, 1.165) is 61.0 Å². The number of benzene rings is 1. The second-order valence-corrected chi connectivity index (χ2v) is 12.1. The molecule has 0 atom stereocenters. The molecule has 0 radical (unpaired) electrons. The maximum absolute atomic E-state index is 13.3. The zero-order valence-corrected chi connectivity index (χ0v) is 19.2. The average Bonchev–Trinajstić information content (AvgIpc) is 2.92. The Kier molecular flexibility index (Phi) is 4.39. The number of carbonyl (C=O) groups excluding carboxylic acids is 1. The van der Waals surface area contributed by atoms with Gasteiger partial charge in [0.1, 0.15) is 0 Å². The Labute approximate surface area is 185 Å². The minimum Gasteiger partial charge on any atom is -0.343 e. The van der Waals surface area contributed by atoms with E-state index in [4.69, 9.17) is 11.6 Å². The van der Waals surface area contributed by atoms with Crippen molar-refractivity contribution in [2.75, 3.05) is 13.1 Å². The molecule has 1 saturated heterocycles. The first-order valence-electron chi connectivity index (χ1n) is 12.2.